The molecule has 2 rings (SSSR count). The minimum absolute atomic E-state index is 0.153. The Labute approximate surface area is 161 Å². The van der Waals surface area contributed by atoms with Crippen molar-refractivity contribution in [1.29, 1.82) is 0 Å². The third-order valence-electron chi connectivity index (χ3n) is 3.81. The standard InChI is InChI=1S/C17H21N2O6PS/c1-12(26(22,23-2)24-3)18-16-11-14(7-10-17(16)19(20)21)25-13-5-8-15(27-4)9-6-13/h5-12,18H,1-4H3. The van der Waals surface area contributed by atoms with Gasteiger partial charge in [0.15, 0.2) is 0 Å². The number of nitrogens with zero attached hydrogens (tertiary/aromatic N) is 1. The molecule has 0 saturated carbocycles. The number of thioether (sulfide) groups is 1. The summed E-state index contributed by atoms with van der Waals surface area (Å²) in [6, 6.07) is 11.8. The smallest absolute Gasteiger partial charge is 0.351 e. The predicted octanol–water partition coefficient (Wildman–Crippen LogP) is 5.35. The molecule has 8 nitrogen and oxygen atoms in total. The summed E-state index contributed by atoms with van der Waals surface area (Å²) in [5.74, 6) is 0.194. The zero-order valence-electron chi connectivity index (χ0n) is 15.4. The zero-order chi connectivity index (χ0) is 20.0. The highest BCUT2D eigenvalue weighted by molar-refractivity contribution is 7.98. The van der Waals surface area contributed by atoms with E-state index < -0.39 is 18.3 Å². The molecule has 0 saturated heterocycles. The Morgan fingerprint density at radius 3 is 2.22 bits per heavy atom. The molecule has 1 atom stereocenters. The molecule has 0 fully saturated rings. The largest absolute Gasteiger partial charge is 0.457 e. The number of anilines is 1. The minimum Gasteiger partial charge on any atom is -0.457 e. The summed E-state index contributed by atoms with van der Waals surface area (Å²) in [7, 11) is -0.938. The predicted molar refractivity (Wildman–Crippen MR) is 106 cm³/mol. The van der Waals surface area contributed by atoms with E-state index in [4.69, 9.17) is 13.8 Å². The summed E-state index contributed by atoms with van der Waals surface area (Å²) in [6.07, 6.45) is 1.98. The molecule has 0 radical (unpaired) electrons. The number of benzene rings is 2. The van der Waals surface area contributed by atoms with Crippen LogP contribution in [0.15, 0.2) is 47.4 Å². The van der Waals surface area contributed by atoms with Gasteiger partial charge in [-0.1, -0.05) is 0 Å². The van der Waals surface area contributed by atoms with Gasteiger partial charge in [-0.05, 0) is 43.5 Å². The van der Waals surface area contributed by atoms with Crippen LogP contribution in [-0.4, -0.2) is 31.2 Å². The van der Waals surface area contributed by atoms with Crippen molar-refractivity contribution in [2.45, 2.75) is 17.6 Å². The summed E-state index contributed by atoms with van der Waals surface area (Å²) in [5.41, 5.74) is -0.0225. The van der Waals surface area contributed by atoms with Gasteiger partial charge in [-0.2, -0.15) is 0 Å². The third kappa shape index (κ3) is 5.23. The summed E-state index contributed by atoms with van der Waals surface area (Å²) < 4.78 is 28.1. The SMILES string of the molecule is COP(=O)(OC)C(C)Nc1cc(Oc2ccc(SC)cc2)ccc1[N+](=O)[O-]. The van der Waals surface area contributed by atoms with Crippen molar-refractivity contribution in [3.63, 3.8) is 0 Å². The van der Waals surface area contributed by atoms with Crippen LogP contribution in [0.4, 0.5) is 11.4 Å². The molecule has 1 unspecified atom stereocenters. The van der Waals surface area contributed by atoms with Gasteiger partial charge in [0.1, 0.15) is 23.0 Å². The van der Waals surface area contributed by atoms with E-state index in [2.05, 4.69) is 5.32 Å². The normalized spacial score (nSPS) is 12.4. The lowest BCUT2D eigenvalue weighted by molar-refractivity contribution is -0.384. The molecule has 0 aliphatic carbocycles. The number of rotatable bonds is 9. The van der Waals surface area contributed by atoms with E-state index in [1.54, 1.807) is 18.7 Å². The third-order valence-corrected chi connectivity index (χ3v) is 6.65. The molecule has 0 aliphatic heterocycles. The van der Waals surface area contributed by atoms with Crippen LogP contribution in [0.5, 0.6) is 11.5 Å². The van der Waals surface area contributed by atoms with Crippen LogP contribution < -0.4 is 10.1 Å². The average Bonchev–Trinajstić information content (AvgIpc) is 2.67. The number of nitrogens with one attached hydrogen (secondary N) is 1. The first-order valence-electron chi connectivity index (χ1n) is 7.91. The van der Waals surface area contributed by atoms with Crippen LogP contribution in [0.25, 0.3) is 0 Å². The maximum atomic E-state index is 12.5. The van der Waals surface area contributed by atoms with E-state index in [1.165, 1.54) is 32.4 Å². The maximum absolute atomic E-state index is 12.5. The number of hydrogen-bond acceptors (Lipinski definition) is 8. The van der Waals surface area contributed by atoms with Gasteiger partial charge >= 0.3 is 7.60 Å². The molecule has 0 heterocycles. The Hall–Kier alpha value is -2.06. The van der Waals surface area contributed by atoms with Crippen molar-refractivity contribution in [2.24, 2.45) is 0 Å². The van der Waals surface area contributed by atoms with Gasteiger partial charge in [-0.3, -0.25) is 14.7 Å². The Morgan fingerprint density at radius 1 is 1.11 bits per heavy atom. The van der Waals surface area contributed by atoms with E-state index in [0.717, 1.165) is 4.90 Å². The molecule has 0 aliphatic rings. The molecule has 2 aromatic rings. The van der Waals surface area contributed by atoms with E-state index in [0.29, 0.717) is 11.5 Å². The van der Waals surface area contributed by atoms with Crippen LogP contribution in [-0.2, 0) is 13.6 Å². The second-order valence-electron chi connectivity index (χ2n) is 5.44. The van der Waals surface area contributed by atoms with E-state index in [-0.39, 0.29) is 11.4 Å². The highest BCUT2D eigenvalue weighted by atomic mass is 32.2. The van der Waals surface area contributed by atoms with Crippen LogP contribution in [0.2, 0.25) is 0 Å². The molecule has 10 heteroatoms. The highest BCUT2D eigenvalue weighted by Crippen LogP contribution is 2.52. The Kier molecular flexibility index (Phi) is 7.26. The van der Waals surface area contributed by atoms with Gasteiger partial charge in [0.05, 0.1) is 4.92 Å². The molecule has 27 heavy (non-hydrogen) atoms. The zero-order valence-corrected chi connectivity index (χ0v) is 17.1. The Bertz CT molecular complexity index is 838. The van der Waals surface area contributed by atoms with Gasteiger partial charge in [-0.25, -0.2) is 0 Å². The minimum atomic E-state index is -3.46. The van der Waals surface area contributed by atoms with Gasteiger partial charge in [0.2, 0.25) is 0 Å². The summed E-state index contributed by atoms with van der Waals surface area (Å²) >= 11 is 1.61. The second-order valence-corrected chi connectivity index (χ2v) is 8.90. The first kappa shape index (κ1) is 21.2. The number of nitro benzene ring substituents is 1. The van der Waals surface area contributed by atoms with Crippen LogP contribution in [0.3, 0.4) is 0 Å². The van der Waals surface area contributed by atoms with Gasteiger partial charge in [0, 0.05) is 31.2 Å². The van der Waals surface area contributed by atoms with Crippen LogP contribution in [0, 0.1) is 10.1 Å². The topological polar surface area (TPSA) is 99.9 Å². The summed E-state index contributed by atoms with van der Waals surface area (Å²) in [6.45, 7) is 1.56. The van der Waals surface area contributed by atoms with Crippen molar-refractivity contribution >= 4 is 30.7 Å². The number of ether oxygens (including phenoxy) is 1. The van der Waals surface area contributed by atoms with Gasteiger partial charge in [0.25, 0.3) is 5.69 Å². The highest BCUT2D eigenvalue weighted by Gasteiger charge is 2.31. The lowest BCUT2D eigenvalue weighted by Gasteiger charge is -2.22. The van der Waals surface area contributed by atoms with Crippen molar-refractivity contribution in [3.8, 4) is 11.5 Å². The first-order valence-corrected chi connectivity index (χ1v) is 10.7. The quantitative estimate of drug-likeness (QED) is 0.254. The molecular formula is C17H21N2O6PS. The lowest BCUT2D eigenvalue weighted by Crippen LogP contribution is -2.18. The summed E-state index contributed by atoms with van der Waals surface area (Å²) in [4.78, 5) is 11.9. The molecule has 0 spiro atoms. The molecule has 1 N–H and O–H groups in total. The molecule has 0 aromatic heterocycles. The van der Waals surface area contributed by atoms with E-state index in [9.17, 15) is 14.7 Å². The van der Waals surface area contributed by atoms with Crippen LogP contribution in [0.1, 0.15) is 6.92 Å². The van der Waals surface area contributed by atoms with Crippen molar-refractivity contribution < 1.29 is 23.3 Å². The number of nitro groups is 1. The van der Waals surface area contributed by atoms with Crippen molar-refractivity contribution in [2.75, 3.05) is 25.8 Å². The monoisotopic (exact) mass is 412 g/mol. The molecule has 146 valence electrons. The molecule has 0 amide bonds. The van der Waals surface area contributed by atoms with Crippen molar-refractivity contribution in [3.05, 3.63) is 52.6 Å². The summed E-state index contributed by atoms with van der Waals surface area (Å²) in [5, 5.41) is 14.2. The van der Waals surface area contributed by atoms with Crippen molar-refractivity contribution in [1.82, 2.24) is 0 Å². The fourth-order valence-corrected chi connectivity index (χ4v) is 3.82. The first-order chi connectivity index (χ1) is 12.8. The Balaban J connectivity index is 2.30. The second kappa shape index (κ2) is 9.23. The Morgan fingerprint density at radius 2 is 1.70 bits per heavy atom. The van der Waals surface area contributed by atoms with Crippen LogP contribution >= 0.6 is 19.4 Å². The van der Waals surface area contributed by atoms with E-state index >= 15 is 0 Å². The fourth-order valence-electron chi connectivity index (χ4n) is 2.33. The molecular weight excluding hydrogens is 391 g/mol. The average molecular weight is 412 g/mol. The van der Waals surface area contributed by atoms with Gasteiger partial charge < -0.3 is 19.1 Å². The molecule has 0 bridgehead atoms. The molecule has 2 aromatic carbocycles. The lowest BCUT2D eigenvalue weighted by atomic mass is 10.2. The fraction of sp³-hybridized carbons (Fsp3) is 0.294. The maximum Gasteiger partial charge on any atom is 0.351 e. The van der Waals surface area contributed by atoms with Gasteiger partial charge in [-0.15, -0.1) is 11.8 Å². The van der Waals surface area contributed by atoms with E-state index in [1.807, 2.05) is 30.5 Å². The number of hydrogen-bond donors (Lipinski definition) is 1.